The van der Waals surface area contributed by atoms with Crippen LogP contribution in [0.4, 0.5) is 13.2 Å². The van der Waals surface area contributed by atoms with Crippen molar-refractivity contribution >= 4 is 16.9 Å². The molecule has 0 atom stereocenters. The Kier molecular flexibility index (Phi) is 5.20. The van der Waals surface area contributed by atoms with Gasteiger partial charge >= 0.3 is 6.18 Å². The SMILES string of the molecule is CC(C)CN(CCC(F)(F)F)C(=O)c1ccc(-c2ncnc3[nH]ccc23)o1. The Hall–Kier alpha value is -2.84. The van der Waals surface area contributed by atoms with Gasteiger partial charge in [0.05, 0.1) is 6.42 Å². The van der Waals surface area contributed by atoms with Crippen molar-refractivity contribution in [2.24, 2.45) is 5.92 Å². The van der Waals surface area contributed by atoms with Crippen molar-refractivity contribution in [3.05, 3.63) is 36.5 Å². The zero-order valence-electron chi connectivity index (χ0n) is 14.9. The average Bonchev–Trinajstić information content (AvgIpc) is 3.25. The van der Waals surface area contributed by atoms with Gasteiger partial charge in [-0.15, -0.1) is 0 Å². The zero-order valence-corrected chi connectivity index (χ0v) is 14.9. The number of hydrogen-bond acceptors (Lipinski definition) is 4. The summed E-state index contributed by atoms with van der Waals surface area (Å²) in [6, 6.07) is 4.82. The number of fused-ring (bicyclic) bond motifs is 1. The van der Waals surface area contributed by atoms with Crippen LogP contribution < -0.4 is 0 Å². The van der Waals surface area contributed by atoms with Gasteiger partial charge in [-0.05, 0) is 24.1 Å². The highest BCUT2D eigenvalue weighted by atomic mass is 19.4. The second-order valence-corrected chi connectivity index (χ2v) is 6.64. The Morgan fingerprint density at radius 1 is 1.26 bits per heavy atom. The number of carbonyl (C=O) groups is 1. The molecular formula is C18H19F3N4O2. The molecule has 144 valence electrons. The summed E-state index contributed by atoms with van der Waals surface area (Å²) in [6.45, 7) is 3.47. The highest BCUT2D eigenvalue weighted by Crippen LogP contribution is 2.27. The third-order valence-electron chi connectivity index (χ3n) is 3.94. The molecule has 0 aliphatic rings. The van der Waals surface area contributed by atoms with E-state index in [0.29, 0.717) is 17.1 Å². The molecule has 3 aromatic rings. The lowest BCUT2D eigenvalue weighted by Crippen LogP contribution is -2.36. The van der Waals surface area contributed by atoms with E-state index in [2.05, 4.69) is 15.0 Å². The van der Waals surface area contributed by atoms with Crippen molar-refractivity contribution in [2.75, 3.05) is 13.1 Å². The van der Waals surface area contributed by atoms with Crippen LogP contribution in [-0.4, -0.2) is 45.0 Å². The van der Waals surface area contributed by atoms with E-state index < -0.39 is 25.0 Å². The van der Waals surface area contributed by atoms with E-state index in [1.807, 2.05) is 13.8 Å². The van der Waals surface area contributed by atoms with Gasteiger partial charge < -0.3 is 14.3 Å². The lowest BCUT2D eigenvalue weighted by atomic mass is 10.2. The fourth-order valence-corrected chi connectivity index (χ4v) is 2.78. The smallest absolute Gasteiger partial charge is 0.390 e. The second kappa shape index (κ2) is 7.42. The first-order chi connectivity index (χ1) is 12.7. The molecule has 0 fully saturated rings. The van der Waals surface area contributed by atoms with Gasteiger partial charge in [0.2, 0.25) is 0 Å². The molecule has 0 aromatic carbocycles. The largest absolute Gasteiger partial charge is 0.449 e. The Bertz CT molecular complexity index is 930. The molecule has 0 bridgehead atoms. The Morgan fingerprint density at radius 3 is 2.74 bits per heavy atom. The Morgan fingerprint density at radius 2 is 2.04 bits per heavy atom. The van der Waals surface area contributed by atoms with E-state index in [1.54, 1.807) is 18.3 Å². The van der Waals surface area contributed by atoms with Crippen LogP contribution >= 0.6 is 0 Å². The highest BCUT2D eigenvalue weighted by Gasteiger charge is 2.30. The fourth-order valence-electron chi connectivity index (χ4n) is 2.78. The van der Waals surface area contributed by atoms with E-state index in [0.717, 1.165) is 5.39 Å². The monoisotopic (exact) mass is 380 g/mol. The van der Waals surface area contributed by atoms with Gasteiger partial charge in [0.25, 0.3) is 5.91 Å². The molecular weight excluding hydrogens is 361 g/mol. The number of alkyl halides is 3. The maximum atomic E-state index is 12.7. The van der Waals surface area contributed by atoms with E-state index in [1.165, 1.54) is 17.3 Å². The summed E-state index contributed by atoms with van der Waals surface area (Å²) in [5.41, 5.74) is 1.13. The normalized spacial score (nSPS) is 12.1. The first-order valence-electron chi connectivity index (χ1n) is 8.49. The van der Waals surface area contributed by atoms with Crippen LogP contribution in [0, 0.1) is 5.92 Å². The van der Waals surface area contributed by atoms with Gasteiger partial charge in [-0.25, -0.2) is 9.97 Å². The molecule has 0 radical (unpaired) electrons. The molecule has 0 saturated carbocycles. The molecule has 0 aliphatic heterocycles. The van der Waals surface area contributed by atoms with Crippen LogP contribution in [0.2, 0.25) is 0 Å². The quantitative estimate of drug-likeness (QED) is 0.693. The molecule has 27 heavy (non-hydrogen) atoms. The molecule has 3 aromatic heterocycles. The molecule has 9 heteroatoms. The number of amides is 1. The lowest BCUT2D eigenvalue weighted by molar-refractivity contribution is -0.136. The van der Waals surface area contributed by atoms with Crippen molar-refractivity contribution in [3.8, 4) is 11.5 Å². The first kappa shape index (κ1) is 18.9. The van der Waals surface area contributed by atoms with Gasteiger partial charge in [0.15, 0.2) is 11.5 Å². The molecule has 1 amide bonds. The van der Waals surface area contributed by atoms with Crippen LogP contribution in [0.15, 0.2) is 35.1 Å². The predicted octanol–water partition coefficient (Wildman–Crippen LogP) is 4.27. The van der Waals surface area contributed by atoms with Crippen LogP contribution in [0.5, 0.6) is 0 Å². The molecule has 0 aliphatic carbocycles. The number of hydrogen-bond donors (Lipinski definition) is 1. The number of aromatic nitrogens is 3. The van der Waals surface area contributed by atoms with Gasteiger partial charge in [0, 0.05) is 24.7 Å². The molecule has 1 N–H and O–H groups in total. The van der Waals surface area contributed by atoms with Gasteiger partial charge in [0.1, 0.15) is 17.7 Å². The lowest BCUT2D eigenvalue weighted by Gasteiger charge is -2.24. The summed E-state index contributed by atoms with van der Waals surface area (Å²) in [6.07, 6.45) is -2.31. The van der Waals surface area contributed by atoms with Crippen LogP contribution in [-0.2, 0) is 0 Å². The average molecular weight is 380 g/mol. The van der Waals surface area contributed by atoms with Crippen LogP contribution in [0.25, 0.3) is 22.5 Å². The maximum absolute atomic E-state index is 12.7. The molecule has 0 spiro atoms. The van der Waals surface area contributed by atoms with Crippen molar-refractivity contribution in [1.82, 2.24) is 19.9 Å². The summed E-state index contributed by atoms with van der Waals surface area (Å²) >= 11 is 0. The Labute approximate surface area is 153 Å². The van der Waals surface area contributed by atoms with Gasteiger partial charge in [-0.1, -0.05) is 13.8 Å². The summed E-state index contributed by atoms with van der Waals surface area (Å²) < 4.78 is 43.4. The second-order valence-electron chi connectivity index (χ2n) is 6.64. The number of halogens is 3. The number of aromatic amines is 1. The van der Waals surface area contributed by atoms with E-state index in [9.17, 15) is 18.0 Å². The van der Waals surface area contributed by atoms with Gasteiger partial charge in [-0.3, -0.25) is 4.79 Å². The summed E-state index contributed by atoms with van der Waals surface area (Å²) in [7, 11) is 0. The maximum Gasteiger partial charge on any atom is 0.390 e. The minimum absolute atomic E-state index is 0.0184. The highest BCUT2D eigenvalue weighted by molar-refractivity contribution is 5.93. The molecule has 3 heterocycles. The zero-order chi connectivity index (χ0) is 19.6. The third kappa shape index (κ3) is 4.47. The number of carbonyl (C=O) groups excluding carboxylic acids is 1. The number of nitrogens with one attached hydrogen (secondary N) is 1. The third-order valence-corrected chi connectivity index (χ3v) is 3.94. The van der Waals surface area contributed by atoms with Gasteiger partial charge in [-0.2, -0.15) is 13.2 Å². The van der Waals surface area contributed by atoms with Crippen molar-refractivity contribution in [2.45, 2.75) is 26.4 Å². The molecule has 3 rings (SSSR count). The van der Waals surface area contributed by atoms with Crippen molar-refractivity contribution in [1.29, 1.82) is 0 Å². The summed E-state index contributed by atoms with van der Waals surface area (Å²) in [5.74, 6) is -0.211. The Balaban J connectivity index is 1.84. The summed E-state index contributed by atoms with van der Waals surface area (Å²) in [5, 5.41) is 0.724. The number of nitrogens with zero attached hydrogens (tertiary/aromatic N) is 3. The van der Waals surface area contributed by atoms with E-state index in [4.69, 9.17) is 4.42 Å². The van der Waals surface area contributed by atoms with Crippen molar-refractivity contribution < 1.29 is 22.4 Å². The topological polar surface area (TPSA) is 75.0 Å². The number of furan rings is 1. The van der Waals surface area contributed by atoms with E-state index in [-0.39, 0.29) is 18.2 Å². The first-order valence-corrected chi connectivity index (χ1v) is 8.49. The fraction of sp³-hybridized carbons (Fsp3) is 0.389. The van der Waals surface area contributed by atoms with Crippen LogP contribution in [0.3, 0.4) is 0 Å². The predicted molar refractivity (Wildman–Crippen MR) is 93.0 cm³/mol. The summed E-state index contributed by atoms with van der Waals surface area (Å²) in [4.78, 5) is 25.1. The minimum Gasteiger partial charge on any atom is -0.449 e. The molecule has 0 saturated heterocycles. The minimum atomic E-state index is -4.33. The standard InChI is InChI=1S/C18H19F3N4O2/c1-11(2)9-25(8-6-18(19,20)21)17(26)14-4-3-13(27-14)15-12-5-7-22-16(12)24-10-23-15/h3-5,7,10-11H,6,8-9H2,1-2H3,(H,22,23,24). The number of rotatable bonds is 6. The van der Waals surface area contributed by atoms with Crippen LogP contribution in [0.1, 0.15) is 30.8 Å². The number of H-pyrrole nitrogens is 1. The van der Waals surface area contributed by atoms with E-state index >= 15 is 0 Å². The molecule has 6 nitrogen and oxygen atoms in total. The van der Waals surface area contributed by atoms with Crippen molar-refractivity contribution in [3.63, 3.8) is 0 Å². The molecule has 0 unspecified atom stereocenters.